The number of aliphatic hydroxyl groups is 1. The van der Waals surface area contributed by atoms with Crippen molar-refractivity contribution in [1.29, 1.82) is 0 Å². The van der Waals surface area contributed by atoms with Gasteiger partial charge < -0.3 is 9.84 Å². The first-order chi connectivity index (χ1) is 8.24. The summed E-state index contributed by atoms with van der Waals surface area (Å²) in [5, 5.41) is 11.7. The van der Waals surface area contributed by atoms with Crippen molar-refractivity contribution in [1.82, 2.24) is 4.98 Å². The molecule has 0 spiro atoms. The van der Waals surface area contributed by atoms with E-state index in [1.807, 2.05) is 31.4 Å². The molecule has 1 heterocycles. The summed E-state index contributed by atoms with van der Waals surface area (Å²) in [6, 6.07) is 6.02. The lowest BCUT2D eigenvalue weighted by Gasteiger charge is -2.07. The Labute approximate surface area is 105 Å². The minimum atomic E-state index is 0.000673. The van der Waals surface area contributed by atoms with E-state index in [9.17, 15) is 0 Å². The zero-order valence-electron chi connectivity index (χ0n) is 9.93. The van der Waals surface area contributed by atoms with Gasteiger partial charge in [0.05, 0.1) is 18.9 Å². The summed E-state index contributed by atoms with van der Waals surface area (Å²) < 4.78 is 5.50. The van der Waals surface area contributed by atoms with Crippen LogP contribution in [0.4, 0.5) is 0 Å². The molecule has 0 unspecified atom stereocenters. The highest BCUT2D eigenvalue weighted by Crippen LogP contribution is 2.27. The van der Waals surface area contributed by atoms with Gasteiger partial charge >= 0.3 is 0 Å². The standard InChI is InChI=1S/C13H15NO2S/c1-3-16-12-5-4-10(6-9(12)2)11-8-17-13(7-15)14-11/h4-6,8,15H,3,7H2,1-2H3. The molecule has 0 aliphatic heterocycles. The molecule has 0 bridgehead atoms. The van der Waals surface area contributed by atoms with Crippen LogP contribution in [0.3, 0.4) is 0 Å². The number of thiazole rings is 1. The average molecular weight is 249 g/mol. The highest BCUT2D eigenvalue weighted by Gasteiger charge is 2.06. The van der Waals surface area contributed by atoms with Crippen molar-refractivity contribution in [3.8, 4) is 17.0 Å². The fourth-order valence-electron chi connectivity index (χ4n) is 1.64. The van der Waals surface area contributed by atoms with Crippen LogP contribution in [0.1, 0.15) is 17.5 Å². The largest absolute Gasteiger partial charge is 0.494 e. The maximum atomic E-state index is 8.99. The van der Waals surface area contributed by atoms with Crippen molar-refractivity contribution in [3.05, 3.63) is 34.2 Å². The van der Waals surface area contributed by atoms with Crippen LogP contribution in [0, 0.1) is 6.92 Å². The zero-order valence-corrected chi connectivity index (χ0v) is 10.8. The number of rotatable bonds is 4. The number of hydrogen-bond donors (Lipinski definition) is 1. The van der Waals surface area contributed by atoms with Gasteiger partial charge in [-0.3, -0.25) is 0 Å². The third-order valence-electron chi connectivity index (χ3n) is 2.46. The van der Waals surface area contributed by atoms with Crippen LogP contribution < -0.4 is 4.74 Å². The van der Waals surface area contributed by atoms with Crippen LogP contribution in [-0.2, 0) is 6.61 Å². The molecule has 0 aliphatic carbocycles. The number of hydrogen-bond acceptors (Lipinski definition) is 4. The third kappa shape index (κ3) is 2.65. The summed E-state index contributed by atoms with van der Waals surface area (Å²) in [7, 11) is 0. The van der Waals surface area contributed by atoms with Crippen molar-refractivity contribution >= 4 is 11.3 Å². The molecule has 1 aromatic heterocycles. The molecule has 2 rings (SSSR count). The summed E-state index contributed by atoms with van der Waals surface area (Å²) in [5.41, 5.74) is 3.06. The van der Waals surface area contributed by atoms with Crippen LogP contribution >= 0.6 is 11.3 Å². The molecule has 0 amide bonds. The van der Waals surface area contributed by atoms with Crippen molar-refractivity contribution < 1.29 is 9.84 Å². The Bertz CT molecular complexity index is 508. The maximum absolute atomic E-state index is 8.99. The van der Waals surface area contributed by atoms with Crippen molar-refractivity contribution in [2.45, 2.75) is 20.5 Å². The van der Waals surface area contributed by atoms with E-state index in [-0.39, 0.29) is 6.61 Å². The molecule has 1 aromatic carbocycles. The number of ether oxygens (including phenoxy) is 1. The first-order valence-electron chi connectivity index (χ1n) is 5.53. The van der Waals surface area contributed by atoms with Gasteiger partial charge in [-0.15, -0.1) is 11.3 Å². The van der Waals surface area contributed by atoms with E-state index in [0.717, 1.165) is 27.6 Å². The average Bonchev–Trinajstić information content (AvgIpc) is 2.80. The summed E-state index contributed by atoms with van der Waals surface area (Å²) >= 11 is 1.47. The Morgan fingerprint density at radius 2 is 2.24 bits per heavy atom. The SMILES string of the molecule is CCOc1ccc(-c2csc(CO)n2)cc1C. The number of aromatic nitrogens is 1. The van der Waals surface area contributed by atoms with Crippen molar-refractivity contribution in [2.24, 2.45) is 0 Å². The lowest BCUT2D eigenvalue weighted by Crippen LogP contribution is -1.94. The smallest absolute Gasteiger partial charge is 0.122 e. The van der Waals surface area contributed by atoms with Gasteiger partial charge in [0, 0.05) is 10.9 Å². The second-order valence-corrected chi connectivity index (χ2v) is 4.64. The first-order valence-corrected chi connectivity index (χ1v) is 6.41. The monoisotopic (exact) mass is 249 g/mol. The lowest BCUT2D eigenvalue weighted by atomic mass is 10.1. The molecule has 2 aromatic rings. The number of nitrogens with zero attached hydrogens (tertiary/aromatic N) is 1. The molecule has 4 heteroatoms. The van der Waals surface area contributed by atoms with Crippen LogP contribution in [0.15, 0.2) is 23.6 Å². The van der Waals surface area contributed by atoms with Crippen molar-refractivity contribution in [3.63, 3.8) is 0 Å². The van der Waals surface area contributed by atoms with Crippen LogP contribution in [0.5, 0.6) is 5.75 Å². The molecule has 3 nitrogen and oxygen atoms in total. The van der Waals surface area contributed by atoms with E-state index in [0.29, 0.717) is 6.61 Å². The second kappa shape index (κ2) is 5.29. The van der Waals surface area contributed by atoms with Crippen molar-refractivity contribution in [2.75, 3.05) is 6.61 Å². The Morgan fingerprint density at radius 1 is 1.41 bits per heavy atom. The molecule has 0 saturated heterocycles. The maximum Gasteiger partial charge on any atom is 0.122 e. The summed E-state index contributed by atoms with van der Waals surface area (Å²) in [4.78, 5) is 4.34. The van der Waals surface area contributed by atoms with Crippen LogP contribution in [-0.4, -0.2) is 16.7 Å². The van der Waals surface area contributed by atoms with Crippen LogP contribution in [0.25, 0.3) is 11.3 Å². The van der Waals surface area contributed by atoms with E-state index in [1.165, 1.54) is 11.3 Å². The predicted octanol–water partition coefficient (Wildman–Crippen LogP) is 3.01. The molecule has 90 valence electrons. The van der Waals surface area contributed by atoms with Gasteiger partial charge in [-0.05, 0) is 37.6 Å². The number of aryl methyl sites for hydroxylation is 1. The van der Waals surface area contributed by atoms with E-state index in [1.54, 1.807) is 0 Å². The molecule has 1 N–H and O–H groups in total. The molecule has 0 fully saturated rings. The van der Waals surface area contributed by atoms with Crippen LogP contribution in [0.2, 0.25) is 0 Å². The van der Waals surface area contributed by atoms with Gasteiger partial charge in [0.2, 0.25) is 0 Å². The molecule has 0 radical (unpaired) electrons. The minimum Gasteiger partial charge on any atom is -0.494 e. The fraction of sp³-hybridized carbons (Fsp3) is 0.308. The van der Waals surface area contributed by atoms with E-state index in [4.69, 9.17) is 9.84 Å². The molecule has 0 atom stereocenters. The topological polar surface area (TPSA) is 42.4 Å². The summed E-state index contributed by atoms with van der Waals surface area (Å²) in [6.07, 6.45) is 0. The minimum absolute atomic E-state index is 0.000673. The lowest BCUT2D eigenvalue weighted by molar-refractivity contribution is 0.281. The fourth-order valence-corrected chi connectivity index (χ4v) is 2.30. The van der Waals surface area contributed by atoms with Gasteiger partial charge in [0.15, 0.2) is 0 Å². The third-order valence-corrected chi connectivity index (χ3v) is 3.29. The van der Waals surface area contributed by atoms with E-state index >= 15 is 0 Å². The molecular weight excluding hydrogens is 234 g/mol. The van der Waals surface area contributed by atoms with Gasteiger partial charge in [-0.2, -0.15) is 0 Å². The highest BCUT2D eigenvalue weighted by molar-refractivity contribution is 7.09. The molecule has 0 saturated carbocycles. The van der Waals surface area contributed by atoms with Gasteiger partial charge in [0.25, 0.3) is 0 Å². The first kappa shape index (κ1) is 12.1. The molecule has 17 heavy (non-hydrogen) atoms. The second-order valence-electron chi connectivity index (χ2n) is 3.70. The molecular formula is C13H15NO2S. The highest BCUT2D eigenvalue weighted by atomic mass is 32.1. The van der Waals surface area contributed by atoms with Gasteiger partial charge in [-0.25, -0.2) is 4.98 Å². The predicted molar refractivity (Wildman–Crippen MR) is 69.4 cm³/mol. The Morgan fingerprint density at radius 3 is 2.82 bits per heavy atom. The Kier molecular flexibility index (Phi) is 3.76. The van der Waals surface area contributed by atoms with Gasteiger partial charge in [0.1, 0.15) is 10.8 Å². The van der Waals surface area contributed by atoms with Gasteiger partial charge in [-0.1, -0.05) is 0 Å². The normalized spacial score (nSPS) is 10.5. The van der Waals surface area contributed by atoms with E-state index < -0.39 is 0 Å². The number of aliphatic hydroxyl groups excluding tert-OH is 1. The van der Waals surface area contributed by atoms with E-state index in [2.05, 4.69) is 11.1 Å². The Balaban J connectivity index is 2.30. The Hall–Kier alpha value is -1.39. The summed E-state index contributed by atoms with van der Waals surface area (Å²) in [6.45, 7) is 4.67. The number of benzene rings is 1. The molecule has 0 aliphatic rings. The quantitative estimate of drug-likeness (QED) is 0.905. The zero-order chi connectivity index (χ0) is 12.3. The summed E-state index contributed by atoms with van der Waals surface area (Å²) in [5.74, 6) is 0.911.